The highest BCUT2D eigenvalue weighted by atomic mass is 32.2. The van der Waals surface area contributed by atoms with E-state index in [0.717, 1.165) is 25.7 Å². The van der Waals surface area contributed by atoms with Crippen LogP contribution in [0.15, 0.2) is 0 Å². The minimum absolute atomic E-state index is 0.0716. The zero-order chi connectivity index (χ0) is 16.4. The third kappa shape index (κ3) is 3.65. The summed E-state index contributed by atoms with van der Waals surface area (Å²) in [5.74, 6) is 0.201. The van der Waals surface area contributed by atoms with Crippen molar-refractivity contribution in [2.24, 2.45) is 11.8 Å². The van der Waals surface area contributed by atoms with Gasteiger partial charge in [0, 0.05) is 17.7 Å². The summed E-state index contributed by atoms with van der Waals surface area (Å²) < 4.78 is 0. The molecule has 0 aromatic carbocycles. The number of hydrogen-bond donors (Lipinski definition) is 2. The van der Waals surface area contributed by atoms with Crippen LogP contribution in [0.2, 0.25) is 0 Å². The second-order valence-electron chi connectivity index (χ2n) is 6.86. The monoisotopic (exact) mass is 340 g/mol. The molecule has 3 rings (SSSR count). The van der Waals surface area contributed by atoms with E-state index in [2.05, 4.69) is 5.32 Å². The van der Waals surface area contributed by atoms with Gasteiger partial charge in [-0.15, -0.1) is 11.8 Å². The number of rotatable bonds is 4. The van der Waals surface area contributed by atoms with E-state index < -0.39 is 12.0 Å². The molecule has 0 aromatic rings. The van der Waals surface area contributed by atoms with Gasteiger partial charge in [-0.1, -0.05) is 12.8 Å². The zero-order valence-electron chi connectivity index (χ0n) is 13.2. The van der Waals surface area contributed by atoms with Crippen molar-refractivity contribution in [1.82, 2.24) is 10.2 Å². The van der Waals surface area contributed by atoms with Crippen molar-refractivity contribution in [3.63, 3.8) is 0 Å². The number of hydrogen-bond acceptors (Lipinski definition) is 4. The van der Waals surface area contributed by atoms with Crippen molar-refractivity contribution >= 4 is 29.5 Å². The van der Waals surface area contributed by atoms with Gasteiger partial charge in [-0.25, -0.2) is 0 Å². The molecule has 1 heterocycles. The van der Waals surface area contributed by atoms with Gasteiger partial charge < -0.3 is 15.3 Å². The average molecular weight is 340 g/mol. The molecular formula is C16H24N2O4S. The molecule has 7 heteroatoms. The van der Waals surface area contributed by atoms with Gasteiger partial charge in [0.05, 0.1) is 11.8 Å². The van der Waals surface area contributed by atoms with E-state index >= 15 is 0 Å². The van der Waals surface area contributed by atoms with Crippen LogP contribution in [-0.4, -0.2) is 51.5 Å². The normalized spacial score (nSPS) is 31.5. The number of aliphatic carboxylic acids is 1. The lowest BCUT2D eigenvalue weighted by Gasteiger charge is -2.27. The van der Waals surface area contributed by atoms with Crippen LogP contribution < -0.4 is 5.32 Å². The molecule has 3 atom stereocenters. The van der Waals surface area contributed by atoms with E-state index in [1.54, 1.807) is 16.7 Å². The van der Waals surface area contributed by atoms with Crippen molar-refractivity contribution in [3.8, 4) is 0 Å². The van der Waals surface area contributed by atoms with E-state index in [4.69, 9.17) is 5.11 Å². The summed E-state index contributed by atoms with van der Waals surface area (Å²) in [6.45, 7) is 0. The minimum atomic E-state index is -0.781. The topological polar surface area (TPSA) is 86.7 Å². The second-order valence-corrected chi connectivity index (χ2v) is 7.86. The number of carboxylic acids is 1. The fraction of sp³-hybridized carbons (Fsp3) is 0.812. The third-order valence-corrected chi connectivity index (χ3v) is 6.31. The number of thioether (sulfide) groups is 1. The van der Waals surface area contributed by atoms with Crippen molar-refractivity contribution in [2.45, 2.75) is 57.0 Å². The lowest BCUT2D eigenvalue weighted by atomic mass is 10.1. The predicted octanol–water partition coefficient (Wildman–Crippen LogP) is 1.45. The van der Waals surface area contributed by atoms with Crippen LogP contribution in [0, 0.1) is 11.8 Å². The summed E-state index contributed by atoms with van der Waals surface area (Å²) in [6.07, 6.45) is 5.91. The molecule has 2 N–H and O–H groups in total. The number of carboxylic acid groups (broad SMARTS) is 1. The molecule has 0 aromatic heterocycles. The van der Waals surface area contributed by atoms with Gasteiger partial charge in [0.15, 0.2) is 0 Å². The smallest absolute Gasteiger partial charge is 0.306 e. The minimum Gasteiger partial charge on any atom is -0.481 e. The SMILES string of the molecule is O=C(N[C@H]1CC[C@@H](C(=O)O)C1)C1CSCN1C(=O)C1CCCC1. The van der Waals surface area contributed by atoms with E-state index in [9.17, 15) is 14.4 Å². The average Bonchev–Trinajstić information content (AvgIpc) is 3.26. The summed E-state index contributed by atoms with van der Waals surface area (Å²) in [7, 11) is 0. The molecule has 2 amide bonds. The first-order chi connectivity index (χ1) is 11.1. The predicted molar refractivity (Wildman–Crippen MR) is 86.8 cm³/mol. The Morgan fingerprint density at radius 1 is 1.04 bits per heavy atom. The second kappa shape index (κ2) is 7.11. The van der Waals surface area contributed by atoms with Gasteiger partial charge in [-0.3, -0.25) is 14.4 Å². The molecule has 6 nitrogen and oxygen atoms in total. The molecular weight excluding hydrogens is 316 g/mol. The van der Waals surface area contributed by atoms with Crippen LogP contribution in [0.5, 0.6) is 0 Å². The maximum Gasteiger partial charge on any atom is 0.306 e. The van der Waals surface area contributed by atoms with E-state index in [0.29, 0.717) is 30.9 Å². The molecule has 2 aliphatic carbocycles. The van der Waals surface area contributed by atoms with E-state index in [1.165, 1.54) is 0 Å². The van der Waals surface area contributed by atoms with Crippen LogP contribution in [0.3, 0.4) is 0 Å². The van der Waals surface area contributed by atoms with Crippen molar-refractivity contribution in [3.05, 3.63) is 0 Å². The summed E-state index contributed by atoms with van der Waals surface area (Å²) in [5.41, 5.74) is 0. The molecule has 0 spiro atoms. The molecule has 3 aliphatic rings. The quantitative estimate of drug-likeness (QED) is 0.809. The fourth-order valence-corrected chi connectivity index (χ4v) is 5.08. The van der Waals surface area contributed by atoms with Crippen LogP contribution >= 0.6 is 11.8 Å². The molecule has 0 radical (unpaired) electrons. The highest BCUT2D eigenvalue weighted by molar-refractivity contribution is 7.99. The standard InChI is InChI=1S/C16H24N2O4S/c19-14(17-12-6-5-11(7-12)16(21)22)13-8-23-9-18(13)15(20)10-3-1-2-4-10/h10-13H,1-9H2,(H,17,19)(H,21,22)/t11-,12+,13?/m1/s1. The van der Waals surface area contributed by atoms with Crippen molar-refractivity contribution in [1.29, 1.82) is 0 Å². The maximum absolute atomic E-state index is 12.6. The molecule has 1 unspecified atom stereocenters. The Labute approximate surface area is 140 Å². The molecule has 1 aliphatic heterocycles. The zero-order valence-corrected chi connectivity index (χ0v) is 14.0. The van der Waals surface area contributed by atoms with Gasteiger partial charge in [0.25, 0.3) is 0 Å². The Balaban J connectivity index is 1.56. The highest BCUT2D eigenvalue weighted by Gasteiger charge is 2.39. The van der Waals surface area contributed by atoms with Crippen LogP contribution in [0.4, 0.5) is 0 Å². The summed E-state index contributed by atoms with van der Waals surface area (Å²) >= 11 is 1.62. The summed E-state index contributed by atoms with van der Waals surface area (Å²) in [6, 6.07) is -0.463. The van der Waals surface area contributed by atoms with Gasteiger partial charge in [-0.05, 0) is 32.1 Å². The van der Waals surface area contributed by atoms with Gasteiger partial charge in [-0.2, -0.15) is 0 Å². The lowest BCUT2D eigenvalue weighted by molar-refractivity contribution is -0.141. The molecule has 0 bridgehead atoms. The maximum atomic E-state index is 12.6. The third-order valence-electron chi connectivity index (χ3n) is 5.30. The van der Waals surface area contributed by atoms with E-state index in [1.807, 2.05) is 0 Å². The number of nitrogens with one attached hydrogen (secondary N) is 1. The van der Waals surface area contributed by atoms with Crippen LogP contribution in [0.25, 0.3) is 0 Å². The first kappa shape index (κ1) is 16.6. The Morgan fingerprint density at radius 3 is 2.43 bits per heavy atom. The number of carbonyl (C=O) groups is 3. The van der Waals surface area contributed by atoms with Gasteiger partial charge in [0.2, 0.25) is 11.8 Å². The lowest BCUT2D eigenvalue weighted by Crippen LogP contribution is -2.50. The first-order valence-corrected chi connectivity index (χ1v) is 9.63. The number of carbonyl (C=O) groups excluding carboxylic acids is 2. The summed E-state index contributed by atoms with van der Waals surface area (Å²) in [4.78, 5) is 37.9. The summed E-state index contributed by atoms with van der Waals surface area (Å²) in [5, 5.41) is 12.0. The van der Waals surface area contributed by atoms with Crippen molar-refractivity contribution in [2.75, 3.05) is 11.6 Å². The Kier molecular flexibility index (Phi) is 5.14. The van der Waals surface area contributed by atoms with Gasteiger partial charge >= 0.3 is 5.97 Å². The Bertz CT molecular complexity index is 492. The Morgan fingerprint density at radius 2 is 1.78 bits per heavy atom. The van der Waals surface area contributed by atoms with Crippen LogP contribution in [0.1, 0.15) is 44.9 Å². The van der Waals surface area contributed by atoms with Crippen LogP contribution in [-0.2, 0) is 14.4 Å². The Hall–Kier alpha value is -1.24. The van der Waals surface area contributed by atoms with E-state index in [-0.39, 0.29) is 29.7 Å². The highest BCUT2D eigenvalue weighted by Crippen LogP contribution is 2.31. The number of nitrogens with zero attached hydrogens (tertiary/aromatic N) is 1. The molecule has 2 saturated carbocycles. The first-order valence-electron chi connectivity index (χ1n) is 8.47. The molecule has 1 saturated heterocycles. The largest absolute Gasteiger partial charge is 0.481 e. The van der Waals surface area contributed by atoms with Gasteiger partial charge in [0.1, 0.15) is 6.04 Å². The fourth-order valence-electron chi connectivity index (χ4n) is 3.92. The molecule has 128 valence electrons. The van der Waals surface area contributed by atoms with Crippen molar-refractivity contribution < 1.29 is 19.5 Å². The molecule has 23 heavy (non-hydrogen) atoms. The molecule has 3 fully saturated rings. The number of amides is 2.